The lowest BCUT2D eigenvalue weighted by atomic mass is 10.0. The van der Waals surface area contributed by atoms with Gasteiger partial charge in [0, 0.05) is 12.7 Å². The molecule has 8 nitrogen and oxygen atoms in total. The molecule has 0 saturated carbocycles. The zero-order valence-corrected chi connectivity index (χ0v) is 17.4. The number of esters is 1. The Balaban J connectivity index is 2.10. The van der Waals surface area contributed by atoms with Crippen molar-refractivity contribution in [2.45, 2.75) is 19.4 Å². The van der Waals surface area contributed by atoms with E-state index in [0.29, 0.717) is 40.5 Å². The van der Waals surface area contributed by atoms with E-state index in [1.807, 2.05) is 6.92 Å². The van der Waals surface area contributed by atoms with Crippen LogP contribution in [0.1, 0.15) is 45.7 Å². The maximum absolute atomic E-state index is 13.3. The van der Waals surface area contributed by atoms with Gasteiger partial charge in [-0.05, 0) is 36.8 Å². The van der Waals surface area contributed by atoms with E-state index in [1.165, 1.54) is 14.2 Å². The van der Waals surface area contributed by atoms with Crippen LogP contribution in [0.3, 0.4) is 0 Å². The summed E-state index contributed by atoms with van der Waals surface area (Å²) in [7, 11) is 4.47. The Bertz CT molecular complexity index is 988. The van der Waals surface area contributed by atoms with Gasteiger partial charge in [-0.1, -0.05) is 12.1 Å². The van der Waals surface area contributed by atoms with E-state index in [-0.39, 0.29) is 6.42 Å². The van der Waals surface area contributed by atoms with Crippen LogP contribution in [-0.4, -0.2) is 50.6 Å². The number of carbonyl (C=O) groups is 3. The number of amides is 2. The molecule has 2 aromatic carbocycles. The van der Waals surface area contributed by atoms with E-state index in [4.69, 9.17) is 14.2 Å². The fourth-order valence-electron chi connectivity index (χ4n) is 3.56. The van der Waals surface area contributed by atoms with Gasteiger partial charge in [-0.3, -0.25) is 19.3 Å². The molecule has 1 N–H and O–H groups in total. The predicted octanol–water partition coefficient (Wildman–Crippen LogP) is 3.04. The molecule has 0 saturated heterocycles. The van der Waals surface area contributed by atoms with Crippen molar-refractivity contribution in [1.29, 1.82) is 0 Å². The lowest BCUT2D eigenvalue weighted by molar-refractivity contribution is -0.141. The molecule has 3 rings (SSSR count). The molecule has 1 heterocycles. The third-order valence-electron chi connectivity index (χ3n) is 4.99. The zero-order valence-electron chi connectivity index (χ0n) is 17.4. The number of hydrogen-bond donors (Lipinski definition) is 1. The largest absolute Gasteiger partial charge is 0.493 e. The van der Waals surface area contributed by atoms with Crippen LogP contribution in [0.4, 0.5) is 5.69 Å². The summed E-state index contributed by atoms with van der Waals surface area (Å²) in [5, 5.41) is 2.94. The van der Waals surface area contributed by atoms with E-state index in [9.17, 15) is 14.4 Å². The topological polar surface area (TPSA) is 94.2 Å². The second kappa shape index (κ2) is 8.86. The fraction of sp³-hybridized carbons (Fsp3) is 0.318. The minimum absolute atomic E-state index is 0.186. The Morgan fingerprint density at radius 2 is 1.87 bits per heavy atom. The number of nitrogens with one attached hydrogen (secondary N) is 1. The van der Waals surface area contributed by atoms with Gasteiger partial charge in [-0.25, -0.2) is 0 Å². The predicted molar refractivity (Wildman–Crippen MR) is 110 cm³/mol. The molecular weight excluding hydrogens is 388 g/mol. The van der Waals surface area contributed by atoms with Crippen LogP contribution in [0.5, 0.6) is 11.5 Å². The first kappa shape index (κ1) is 21.2. The Morgan fingerprint density at radius 3 is 2.50 bits per heavy atom. The van der Waals surface area contributed by atoms with Crippen LogP contribution in [0, 0.1) is 0 Å². The maximum Gasteiger partial charge on any atom is 0.307 e. The number of fused-ring (bicyclic) bond motifs is 1. The molecule has 1 atom stereocenters. The SMILES string of the molecule is CCOc1cc(C(CC(=O)OC)N2C(=O)c3cccc(NC)c3C2=O)ccc1OC. The van der Waals surface area contributed by atoms with Crippen molar-refractivity contribution in [3.63, 3.8) is 0 Å². The van der Waals surface area contributed by atoms with Gasteiger partial charge in [-0.2, -0.15) is 0 Å². The summed E-state index contributed by atoms with van der Waals surface area (Å²) >= 11 is 0. The number of carbonyl (C=O) groups excluding carboxylic acids is 3. The quantitative estimate of drug-likeness (QED) is 0.526. The summed E-state index contributed by atoms with van der Waals surface area (Å²) in [5.74, 6) is -0.506. The molecule has 0 aliphatic carbocycles. The van der Waals surface area contributed by atoms with Crippen LogP contribution >= 0.6 is 0 Å². The van der Waals surface area contributed by atoms with Crippen molar-refractivity contribution < 1.29 is 28.6 Å². The number of hydrogen-bond acceptors (Lipinski definition) is 7. The van der Waals surface area contributed by atoms with Crippen molar-refractivity contribution in [2.75, 3.05) is 33.2 Å². The fourth-order valence-corrected chi connectivity index (χ4v) is 3.56. The molecule has 30 heavy (non-hydrogen) atoms. The van der Waals surface area contributed by atoms with Crippen LogP contribution in [0.2, 0.25) is 0 Å². The highest BCUT2D eigenvalue weighted by atomic mass is 16.5. The number of nitrogens with zero attached hydrogens (tertiary/aromatic N) is 1. The molecule has 1 unspecified atom stereocenters. The van der Waals surface area contributed by atoms with Gasteiger partial charge in [-0.15, -0.1) is 0 Å². The minimum Gasteiger partial charge on any atom is -0.493 e. The van der Waals surface area contributed by atoms with Gasteiger partial charge in [0.15, 0.2) is 11.5 Å². The van der Waals surface area contributed by atoms with Gasteiger partial charge in [0.05, 0.1) is 44.4 Å². The lowest BCUT2D eigenvalue weighted by Crippen LogP contribution is -2.35. The zero-order chi connectivity index (χ0) is 21.8. The molecule has 1 aliphatic heterocycles. The highest BCUT2D eigenvalue weighted by molar-refractivity contribution is 6.24. The average Bonchev–Trinajstić information content (AvgIpc) is 3.02. The van der Waals surface area contributed by atoms with Crippen LogP contribution in [0.15, 0.2) is 36.4 Å². The van der Waals surface area contributed by atoms with E-state index >= 15 is 0 Å². The van der Waals surface area contributed by atoms with Crippen LogP contribution in [0.25, 0.3) is 0 Å². The number of rotatable bonds is 8. The average molecular weight is 412 g/mol. The molecule has 158 valence electrons. The molecular formula is C22H24N2O6. The summed E-state index contributed by atoms with van der Waals surface area (Å²) in [6.45, 7) is 2.24. The second-order valence-electron chi connectivity index (χ2n) is 6.60. The molecule has 1 aliphatic rings. The third-order valence-corrected chi connectivity index (χ3v) is 4.99. The first-order chi connectivity index (χ1) is 14.5. The van der Waals surface area contributed by atoms with E-state index in [0.717, 1.165) is 4.90 Å². The van der Waals surface area contributed by atoms with Crippen molar-refractivity contribution in [3.8, 4) is 11.5 Å². The summed E-state index contributed by atoms with van der Waals surface area (Å²) in [4.78, 5) is 39.7. The van der Waals surface area contributed by atoms with Gasteiger partial charge in [0.1, 0.15) is 0 Å². The molecule has 0 aromatic heterocycles. The first-order valence-corrected chi connectivity index (χ1v) is 9.52. The molecule has 0 radical (unpaired) electrons. The Labute approximate surface area is 174 Å². The second-order valence-corrected chi connectivity index (χ2v) is 6.60. The molecule has 2 amide bonds. The van der Waals surface area contributed by atoms with Crippen molar-refractivity contribution in [2.24, 2.45) is 0 Å². The van der Waals surface area contributed by atoms with Gasteiger partial charge < -0.3 is 19.5 Å². The number of benzene rings is 2. The number of imide groups is 1. The minimum atomic E-state index is -0.861. The van der Waals surface area contributed by atoms with Crippen LogP contribution in [-0.2, 0) is 9.53 Å². The van der Waals surface area contributed by atoms with Gasteiger partial charge >= 0.3 is 5.97 Å². The van der Waals surface area contributed by atoms with Crippen molar-refractivity contribution in [3.05, 3.63) is 53.1 Å². The summed E-state index contributed by atoms with van der Waals surface area (Å²) in [6, 6.07) is 9.24. The van der Waals surface area contributed by atoms with E-state index < -0.39 is 23.8 Å². The first-order valence-electron chi connectivity index (χ1n) is 9.52. The highest BCUT2D eigenvalue weighted by Gasteiger charge is 2.43. The van der Waals surface area contributed by atoms with Crippen molar-refractivity contribution in [1.82, 2.24) is 4.90 Å². The standard InChI is InChI=1S/C22H24N2O6/c1-5-30-18-11-13(9-10-17(18)28-3)16(12-19(25)29-4)24-21(26)14-7-6-8-15(23-2)20(14)22(24)27/h6-11,16,23H,5,12H2,1-4H3. The van der Waals surface area contributed by atoms with Gasteiger partial charge in [0.2, 0.25) is 0 Å². The lowest BCUT2D eigenvalue weighted by Gasteiger charge is -2.26. The molecule has 0 spiro atoms. The summed E-state index contributed by atoms with van der Waals surface area (Å²) in [5.41, 5.74) is 1.69. The molecule has 8 heteroatoms. The smallest absolute Gasteiger partial charge is 0.307 e. The van der Waals surface area contributed by atoms with E-state index in [1.54, 1.807) is 43.4 Å². The van der Waals surface area contributed by atoms with Crippen molar-refractivity contribution >= 4 is 23.5 Å². The molecule has 0 bridgehead atoms. The Kier molecular flexibility index (Phi) is 6.25. The maximum atomic E-state index is 13.3. The normalized spacial score (nSPS) is 13.7. The number of methoxy groups -OCH3 is 2. The monoisotopic (exact) mass is 412 g/mol. The Morgan fingerprint density at radius 1 is 1.10 bits per heavy atom. The molecule has 0 fully saturated rings. The third kappa shape index (κ3) is 3.68. The Hall–Kier alpha value is -3.55. The van der Waals surface area contributed by atoms with Gasteiger partial charge in [0.25, 0.3) is 11.8 Å². The number of ether oxygens (including phenoxy) is 3. The van der Waals surface area contributed by atoms with E-state index in [2.05, 4.69) is 5.32 Å². The van der Waals surface area contributed by atoms with Crippen LogP contribution < -0.4 is 14.8 Å². The molecule has 2 aromatic rings. The summed E-state index contributed by atoms with van der Waals surface area (Å²) in [6.07, 6.45) is -0.186. The summed E-state index contributed by atoms with van der Waals surface area (Å²) < 4.78 is 15.8. The highest BCUT2D eigenvalue weighted by Crippen LogP contribution is 2.39. The number of anilines is 1.